The molecule has 54 heavy (non-hydrogen) atoms. The van der Waals surface area contributed by atoms with E-state index in [1.807, 2.05) is 0 Å². The molecule has 0 aromatic heterocycles. The van der Waals surface area contributed by atoms with Crippen LogP contribution in [0.1, 0.15) is 77.0 Å². The fraction of sp³-hybridized carbons (Fsp3) is 1.00. The van der Waals surface area contributed by atoms with Crippen molar-refractivity contribution in [3.63, 3.8) is 0 Å². The van der Waals surface area contributed by atoms with Crippen molar-refractivity contribution in [2.24, 2.45) is 71.0 Å². The van der Waals surface area contributed by atoms with Gasteiger partial charge in [0, 0.05) is 0 Å². The van der Waals surface area contributed by atoms with Crippen LogP contribution in [-0.4, -0.2) is 120 Å². The van der Waals surface area contributed by atoms with Crippen LogP contribution in [0.15, 0.2) is 0 Å². The van der Waals surface area contributed by atoms with Crippen molar-refractivity contribution in [1.82, 2.24) is 0 Å². The van der Waals surface area contributed by atoms with Crippen molar-refractivity contribution in [2.45, 2.75) is 77.0 Å². The Bertz CT molecular complexity index is 1560. The van der Waals surface area contributed by atoms with E-state index in [0.717, 1.165) is 0 Å². The van der Waals surface area contributed by atoms with Gasteiger partial charge in [-0.25, -0.2) is 50.5 Å². The Morgan fingerprint density at radius 2 is 0.241 bits per heavy atom. The van der Waals surface area contributed by atoms with E-state index in [-0.39, 0.29) is 69.0 Å². The molecule has 312 valence electrons. The summed E-state index contributed by atoms with van der Waals surface area (Å²) in [4.78, 5) is 0. The lowest BCUT2D eigenvalue weighted by Gasteiger charge is -2.40. The molecular formula is C36H60O12S6. The highest BCUT2D eigenvalue weighted by atomic mass is 32.2. The molecule has 8 rings (SSSR count). The summed E-state index contributed by atoms with van der Waals surface area (Å²) >= 11 is 0. The molecule has 4 saturated carbocycles. The summed E-state index contributed by atoms with van der Waals surface area (Å²) in [5.74, 6) is -7.72. The van der Waals surface area contributed by atoms with Crippen LogP contribution >= 0.6 is 0 Å². The fourth-order valence-corrected chi connectivity index (χ4v) is 25.9. The Morgan fingerprint density at radius 1 is 0.167 bits per heavy atom. The zero-order valence-electron chi connectivity index (χ0n) is 31.2. The van der Waals surface area contributed by atoms with E-state index in [1.165, 1.54) is 0 Å². The van der Waals surface area contributed by atoms with E-state index in [9.17, 15) is 50.5 Å². The number of rotatable bonds is 0. The molecule has 0 aromatic carbocycles. The van der Waals surface area contributed by atoms with Gasteiger partial charge in [0.15, 0.2) is 59.0 Å². The van der Waals surface area contributed by atoms with Crippen molar-refractivity contribution in [2.75, 3.05) is 69.0 Å². The van der Waals surface area contributed by atoms with Crippen molar-refractivity contribution >= 4 is 59.0 Å². The molecule has 0 radical (unpaired) electrons. The Labute approximate surface area is 324 Å². The van der Waals surface area contributed by atoms with Gasteiger partial charge in [-0.15, -0.1) is 0 Å². The van der Waals surface area contributed by atoms with Crippen LogP contribution < -0.4 is 0 Å². The number of hydrogen-bond acceptors (Lipinski definition) is 12. The summed E-state index contributed by atoms with van der Waals surface area (Å²) in [5.41, 5.74) is 0. The van der Waals surface area contributed by atoms with Gasteiger partial charge in [-0.05, 0) is 148 Å². The summed E-state index contributed by atoms with van der Waals surface area (Å²) in [6.07, 6.45) is 4.19. The molecule has 0 unspecified atom stereocenters. The first-order valence-electron chi connectivity index (χ1n) is 20.2. The van der Waals surface area contributed by atoms with Gasteiger partial charge in [0.05, 0.1) is 69.0 Å². The van der Waals surface area contributed by atoms with Crippen molar-refractivity contribution in [3.05, 3.63) is 0 Å². The third kappa shape index (κ3) is 11.5. The molecule has 0 atom stereocenters. The van der Waals surface area contributed by atoms with Gasteiger partial charge in [0.25, 0.3) is 0 Å². The number of sulfone groups is 6. The van der Waals surface area contributed by atoms with Gasteiger partial charge in [0.1, 0.15) is 0 Å². The first kappa shape index (κ1) is 41.8. The second kappa shape index (κ2) is 15.4. The van der Waals surface area contributed by atoms with Crippen molar-refractivity contribution in [1.29, 1.82) is 0 Å². The van der Waals surface area contributed by atoms with Crippen LogP contribution in [0.3, 0.4) is 0 Å². The van der Waals surface area contributed by atoms with Crippen LogP contribution in [0.4, 0.5) is 0 Å². The van der Waals surface area contributed by atoms with Crippen LogP contribution in [-0.2, 0) is 59.0 Å². The van der Waals surface area contributed by atoms with E-state index in [1.54, 1.807) is 0 Å². The highest BCUT2D eigenvalue weighted by Crippen LogP contribution is 2.44. The van der Waals surface area contributed by atoms with Gasteiger partial charge in [-0.1, -0.05) is 0 Å². The predicted molar refractivity (Wildman–Crippen MR) is 209 cm³/mol. The molecule has 12 nitrogen and oxygen atoms in total. The standard InChI is InChI=1S/C36H60O12S6/c37-49(38)13-25-1-26-3-27(2-25)15-51(41,42)18-34-10-35-12-36(11-34)24-54(47,48)22-33-7-29(17-50(39,40)14-26)5-31(9-33)20-52(43,44)19-30-4-28(16-49)6-32(8-30)21-53(45,46)23-35/h25-36H,1-24H2. The first-order valence-corrected chi connectivity index (χ1v) is 31.1. The van der Waals surface area contributed by atoms with Gasteiger partial charge in [-0.2, -0.15) is 0 Å². The van der Waals surface area contributed by atoms with Gasteiger partial charge in [0.2, 0.25) is 0 Å². The normalized spacial score (nSPS) is 45.8. The fourth-order valence-electron chi connectivity index (χ4n) is 13.2. The second-order valence-electron chi connectivity index (χ2n) is 19.7. The molecule has 4 saturated heterocycles. The van der Waals surface area contributed by atoms with Gasteiger partial charge >= 0.3 is 0 Å². The van der Waals surface area contributed by atoms with Gasteiger partial charge in [-0.3, -0.25) is 0 Å². The molecule has 0 aromatic rings. The largest absolute Gasteiger partial charge is 0.229 e. The summed E-state index contributed by atoms with van der Waals surface area (Å²) in [5, 5.41) is 0. The maximum atomic E-state index is 14.0. The molecule has 18 heteroatoms. The molecule has 12 bridgehead atoms. The summed E-state index contributed by atoms with van der Waals surface area (Å²) < 4.78 is 168. The maximum absolute atomic E-state index is 14.0. The molecule has 8 fully saturated rings. The zero-order valence-corrected chi connectivity index (χ0v) is 36.1. The first-order chi connectivity index (χ1) is 24.9. The topological polar surface area (TPSA) is 205 Å². The molecular weight excluding hydrogens is 817 g/mol. The lowest BCUT2D eigenvalue weighted by atomic mass is 9.77. The van der Waals surface area contributed by atoms with Crippen LogP contribution in [0.2, 0.25) is 0 Å². The molecule has 0 amide bonds. The maximum Gasteiger partial charge on any atom is 0.150 e. The third-order valence-electron chi connectivity index (χ3n) is 13.9. The molecule has 4 aliphatic heterocycles. The quantitative estimate of drug-likeness (QED) is 0.345. The molecule has 4 aliphatic carbocycles. The smallest absolute Gasteiger partial charge is 0.150 e. The summed E-state index contributed by atoms with van der Waals surface area (Å²) in [6, 6.07) is 0. The lowest BCUT2D eigenvalue weighted by Crippen LogP contribution is -2.41. The zero-order chi connectivity index (χ0) is 38.9. The van der Waals surface area contributed by atoms with Gasteiger partial charge < -0.3 is 0 Å². The minimum absolute atomic E-state index is 0.213. The highest BCUT2D eigenvalue weighted by molar-refractivity contribution is 7.92. The highest BCUT2D eigenvalue weighted by Gasteiger charge is 2.44. The molecule has 4 heterocycles. The number of hydrogen-bond donors (Lipinski definition) is 0. The van der Waals surface area contributed by atoms with Crippen molar-refractivity contribution < 1.29 is 50.5 Å². The Balaban J connectivity index is 1.37. The Morgan fingerprint density at radius 3 is 0.315 bits per heavy atom. The van der Waals surface area contributed by atoms with E-state index in [4.69, 9.17) is 0 Å². The third-order valence-corrected chi connectivity index (χ3v) is 25.6. The Kier molecular flexibility index (Phi) is 11.9. The van der Waals surface area contributed by atoms with E-state index >= 15 is 0 Å². The molecule has 0 N–H and O–H groups in total. The molecule has 0 spiro atoms. The van der Waals surface area contributed by atoms with Crippen LogP contribution in [0, 0.1) is 71.0 Å². The van der Waals surface area contributed by atoms with Crippen LogP contribution in [0.25, 0.3) is 0 Å². The van der Waals surface area contributed by atoms with Crippen LogP contribution in [0.5, 0.6) is 0 Å². The average molecular weight is 877 g/mol. The monoisotopic (exact) mass is 876 g/mol. The Hall–Kier alpha value is -0.300. The predicted octanol–water partition coefficient (Wildman–Crippen LogP) is 2.65. The molecule has 8 aliphatic rings. The minimum Gasteiger partial charge on any atom is -0.229 e. The SMILES string of the molecule is O=S1(=O)CC2CC3CC(C2)CS(=O)(=O)CC2CC4CC(C2)CS(=O)(=O)CC2CC(CC(C2)CS(=O)(=O)CC2CC(CC(C2)CS(=O)(=O)C4)C1)CS(=O)(=O)C3. The van der Waals surface area contributed by atoms with Crippen molar-refractivity contribution in [3.8, 4) is 0 Å². The average Bonchev–Trinajstić information content (AvgIpc) is 2.91. The summed E-state index contributed by atoms with van der Waals surface area (Å²) in [7, 11) is -22.5. The number of fused-ring (bicyclic) bond motifs is 12. The lowest BCUT2D eigenvalue weighted by molar-refractivity contribution is 0.221. The second-order valence-corrected chi connectivity index (χ2v) is 32.6. The summed E-state index contributed by atoms with van der Waals surface area (Å²) in [6.45, 7) is 0. The van der Waals surface area contributed by atoms with E-state index < -0.39 is 130 Å². The minimum atomic E-state index is -3.75. The van der Waals surface area contributed by atoms with E-state index in [2.05, 4.69) is 0 Å². The van der Waals surface area contributed by atoms with E-state index in [0.29, 0.717) is 77.0 Å².